The smallest absolute Gasteiger partial charge is 0.132 e. The van der Waals surface area contributed by atoms with Crippen LogP contribution in [0.4, 0.5) is 4.39 Å². The largest absolute Gasteiger partial charge is 0.333 e. The van der Waals surface area contributed by atoms with Crippen molar-refractivity contribution in [2.75, 3.05) is 0 Å². The van der Waals surface area contributed by atoms with Crippen LogP contribution >= 0.6 is 11.3 Å². The van der Waals surface area contributed by atoms with Crippen LogP contribution in [0.1, 0.15) is 19.4 Å². The first kappa shape index (κ1) is 42.8. The quantitative estimate of drug-likeness (QED) is 0.112. The van der Waals surface area contributed by atoms with Crippen LogP contribution in [0.5, 0.6) is 0 Å². The van der Waals surface area contributed by atoms with Gasteiger partial charge in [-0.3, -0.25) is 4.98 Å². The van der Waals surface area contributed by atoms with Gasteiger partial charge in [-0.15, -0.1) is 54.1 Å². The zero-order chi connectivity index (χ0) is 42.1. The number of aromatic nitrogens is 3. The molecule has 0 atom stereocenters. The van der Waals surface area contributed by atoms with Crippen molar-refractivity contribution < 1.29 is 24.5 Å². The molecule has 7 heteroatoms. The third kappa shape index (κ3) is 8.77. The molecule has 0 aliphatic heterocycles. The van der Waals surface area contributed by atoms with E-state index in [0.717, 1.165) is 77.1 Å². The van der Waals surface area contributed by atoms with Crippen molar-refractivity contribution in [3.63, 3.8) is 0 Å². The molecule has 0 saturated heterocycles. The molecular formula is C55H46FIrN3SSi-2. The van der Waals surface area contributed by atoms with Crippen LogP contribution in [0, 0.1) is 23.9 Å². The van der Waals surface area contributed by atoms with Crippen molar-refractivity contribution in [2.45, 2.75) is 39.9 Å². The monoisotopic (exact) mass is 1020 g/mol. The molecule has 0 unspecified atom stereocenters. The van der Waals surface area contributed by atoms with E-state index in [-0.39, 0.29) is 25.9 Å². The number of halogens is 1. The number of para-hydroxylation sites is 2. The number of rotatable bonds is 8. The standard InChI is InChI=1S/C37H22FN2S.C18H24NSi.Ir/c38-32-23-35-31(22-30(32)26-12-5-2-6-13-26)28-14-9-15-29(36(28)41-35)37-39-33-16-7-8-17-34(33)40(37)27-20-18-25(19-21-27)24-10-3-1-4-11-24;1-14(2)11-16-12-17(15-9-7-6-8-10-15)19-13-18(16)20(3,4)5;/h1-14,16-23H;6-9,12-14H,11H2,1-5H3;/q2*-1;. The minimum Gasteiger partial charge on any atom is -0.333 e. The summed E-state index contributed by atoms with van der Waals surface area (Å²) in [6, 6.07) is 61.7. The number of fused-ring (bicyclic) bond motifs is 4. The van der Waals surface area contributed by atoms with E-state index in [2.05, 4.69) is 134 Å². The van der Waals surface area contributed by atoms with E-state index < -0.39 is 8.07 Å². The Morgan fingerprint density at radius 2 is 1.37 bits per heavy atom. The summed E-state index contributed by atoms with van der Waals surface area (Å²) < 4.78 is 19.5. The van der Waals surface area contributed by atoms with Gasteiger partial charge in [-0.1, -0.05) is 141 Å². The van der Waals surface area contributed by atoms with E-state index >= 15 is 4.39 Å². The minimum atomic E-state index is -1.34. The van der Waals surface area contributed by atoms with Crippen LogP contribution in [0.2, 0.25) is 19.6 Å². The molecule has 0 N–H and O–H groups in total. The molecule has 3 heterocycles. The molecule has 3 nitrogen and oxygen atoms in total. The summed E-state index contributed by atoms with van der Waals surface area (Å²) in [4.78, 5) is 9.79. The Bertz CT molecular complexity index is 3120. The number of thiophene rings is 1. The minimum absolute atomic E-state index is 0. The van der Waals surface area contributed by atoms with E-state index in [0.29, 0.717) is 11.5 Å². The Balaban J connectivity index is 0.000000214. The van der Waals surface area contributed by atoms with Gasteiger partial charge in [0.25, 0.3) is 0 Å². The second-order valence-electron chi connectivity index (χ2n) is 16.9. The normalized spacial score (nSPS) is 11.5. The molecule has 7 aromatic carbocycles. The Kier molecular flexibility index (Phi) is 12.6. The first-order chi connectivity index (χ1) is 29.6. The third-order valence-electron chi connectivity index (χ3n) is 11.0. The SMILES string of the molecule is CC(C)Cc1cc(-c2[c-]cccc2)ncc1[Si](C)(C)C.Fc1cc2sc3c(-c4nc5ccccc5n4-c4ccc(-c5ccccc5)cc4)[c-]ccc3c2cc1-c1ccccc1.[Ir]. The van der Waals surface area contributed by atoms with E-state index in [1.807, 2.05) is 84.9 Å². The summed E-state index contributed by atoms with van der Waals surface area (Å²) in [6.07, 6.45) is 3.24. The molecule has 3 aromatic heterocycles. The zero-order valence-electron chi connectivity index (χ0n) is 35.4. The van der Waals surface area contributed by atoms with Gasteiger partial charge in [-0.05, 0) is 86.4 Å². The Morgan fingerprint density at radius 3 is 2.06 bits per heavy atom. The fourth-order valence-corrected chi connectivity index (χ4v) is 10.9. The van der Waals surface area contributed by atoms with Crippen LogP contribution in [-0.4, -0.2) is 22.6 Å². The van der Waals surface area contributed by atoms with E-state index in [4.69, 9.17) is 4.98 Å². The molecule has 1 radical (unpaired) electrons. The predicted molar refractivity (Wildman–Crippen MR) is 259 cm³/mol. The Morgan fingerprint density at radius 1 is 0.694 bits per heavy atom. The van der Waals surface area contributed by atoms with Crippen molar-refractivity contribution in [1.29, 1.82) is 0 Å². The fraction of sp³-hybridized carbons (Fsp3) is 0.127. The fourth-order valence-electron chi connectivity index (χ4n) is 8.14. The van der Waals surface area contributed by atoms with Crippen molar-refractivity contribution in [3.05, 3.63) is 194 Å². The van der Waals surface area contributed by atoms with Gasteiger partial charge in [0.15, 0.2) is 0 Å². The van der Waals surface area contributed by atoms with Gasteiger partial charge >= 0.3 is 0 Å². The Labute approximate surface area is 382 Å². The molecule has 62 heavy (non-hydrogen) atoms. The summed E-state index contributed by atoms with van der Waals surface area (Å²) in [5.74, 6) is 1.27. The van der Waals surface area contributed by atoms with Gasteiger partial charge in [0.1, 0.15) is 5.82 Å². The van der Waals surface area contributed by atoms with Gasteiger partial charge in [0.2, 0.25) is 0 Å². The molecule has 0 amide bonds. The molecule has 309 valence electrons. The average molecular weight is 1020 g/mol. The van der Waals surface area contributed by atoms with Crippen molar-refractivity contribution in [3.8, 4) is 50.6 Å². The third-order valence-corrected chi connectivity index (χ3v) is 14.3. The van der Waals surface area contributed by atoms with Gasteiger partial charge in [-0.25, -0.2) is 4.39 Å². The number of benzene rings is 7. The van der Waals surface area contributed by atoms with E-state index in [1.54, 1.807) is 17.4 Å². The summed E-state index contributed by atoms with van der Waals surface area (Å²) in [7, 11) is -1.34. The number of pyridine rings is 1. The van der Waals surface area contributed by atoms with E-state index in [1.165, 1.54) is 16.3 Å². The van der Waals surface area contributed by atoms with Gasteiger partial charge < -0.3 is 9.55 Å². The molecule has 0 aliphatic carbocycles. The molecular weight excluding hydrogens is 974 g/mol. The number of imidazole rings is 1. The maximum atomic E-state index is 15.3. The van der Waals surface area contributed by atoms with Crippen molar-refractivity contribution in [2.24, 2.45) is 5.92 Å². The molecule has 0 spiro atoms. The maximum absolute atomic E-state index is 15.3. The molecule has 10 rings (SSSR count). The number of hydrogen-bond donors (Lipinski definition) is 0. The van der Waals surface area contributed by atoms with Crippen molar-refractivity contribution >= 4 is 55.8 Å². The number of nitrogens with zero attached hydrogens (tertiary/aromatic N) is 3. The molecule has 0 fully saturated rings. The van der Waals surface area contributed by atoms with Crippen LogP contribution in [-0.2, 0) is 26.5 Å². The van der Waals surface area contributed by atoms with Gasteiger partial charge in [0, 0.05) is 42.3 Å². The first-order valence-electron chi connectivity index (χ1n) is 20.8. The maximum Gasteiger partial charge on any atom is 0.132 e. The summed E-state index contributed by atoms with van der Waals surface area (Å²) >= 11 is 1.59. The van der Waals surface area contributed by atoms with Crippen LogP contribution in [0.3, 0.4) is 0 Å². The van der Waals surface area contributed by atoms with Crippen LogP contribution in [0.15, 0.2) is 170 Å². The first-order valence-corrected chi connectivity index (χ1v) is 25.2. The number of hydrogen-bond acceptors (Lipinski definition) is 3. The molecule has 10 aromatic rings. The summed E-state index contributed by atoms with van der Waals surface area (Å²) in [5, 5.41) is 3.61. The van der Waals surface area contributed by atoms with Crippen LogP contribution in [0.25, 0.3) is 81.8 Å². The zero-order valence-corrected chi connectivity index (χ0v) is 39.6. The molecule has 0 saturated carbocycles. The van der Waals surface area contributed by atoms with Crippen LogP contribution < -0.4 is 5.19 Å². The summed E-state index contributed by atoms with van der Waals surface area (Å²) in [6.45, 7) is 11.7. The van der Waals surface area contributed by atoms with Gasteiger partial charge in [0.05, 0.1) is 24.9 Å². The molecule has 0 bridgehead atoms. The Hall–Kier alpha value is -5.82. The summed E-state index contributed by atoms with van der Waals surface area (Å²) in [5.41, 5.74) is 11.3. The molecule has 0 aliphatic rings. The van der Waals surface area contributed by atoms with E-state index in [9.17, 15) is 0 Å². The second kappa shape index (κ2) is 18.3. The average Bonchev–Trinajstić information content (AvgIpc) is 3.85. The topological polar surface area (TPSA) is 30.7 Å². The van der Waals surface area contributed by atoms with Crippen molar-refractivity contribution in [1.82, 2.24) is 14.5 Å². The second-order valence-corrected chi connectivity index (χ2v) is 23.0. The predicted octanol–water partition coefficient (Wildman–Crippen LogP) is 14.6. The van der Waals surface area contributed by atoms with Gasteiger partial charge in [-0.2, -0.15) is 11.3 Å².